The van der Waals surface area contributed by atoms with E-state index in [-0.39, 0.29) is 31.1 Å². The lowest BCUT2D eigenvalue weighted by atomic mass is 10.0. The fourth-order valence-corrected chi connectivity index (χ4v) is 6.74. The third-order valence-corrected chi connectivity index (χ3v) is 10.3. The number of phenolic OH excluding ortho intramolecular Hbond substituents is 1. The summed E-state index contributed by atoms with van der Waals surface area (Å²) in [4.78, 5) is 82.6. The Bertz CT molecular complexity index is 2520. The number of hydrogen-bond donors (Lipinski definition) is 8. The molecule has 21 heteroatoms. The lowest BCUT2D eigenvalue weighted by molar-refractivity contribution is -0.149. The van der Waals surface area contributed by atoms with E-state index < -0.39 is 108 Å². The molecule has 5 atom stereocenters. The van der Waals surface area contributed by atoms with Crippen molar-refractivity contribution in [1.82, 2.24) is 31.6 Å². The number of ether oxygens (including phenoxy) is 1. The van der Waals surface area contributed by atoms with Gasteiger partial charge in [0, 0.05) is 29.9 Å². The number of fused-ring (bicyclic) bond motifs is 1. The monoisotopic (exact) mass is 939 g/mol. The number of nitrogens with one attached hydrogen (secondary N) is 6. The van der Waals surface area contributed by atoms with Crippen molar-refractivity contribution in [3.05, 3.63) is 137 Å². The number of nitrogens with two attached hydrogens (primary N) is 1. The molecule has 9 N–H and O–H groups in total. The van der Waals surface area contributed by atoms with Crippen molar-refractivity contribution in [1.29, 1.82) is 0 Å². The van der Waals surface area contributed by atoms with Gasteiger partial charge in [0.2, 0.25) is 29.5 Å². The van der Waals surface area contributed by atoms with E-state index in [2.05, 4.69) is 31.6 Å². The number of amides is 5. The molecule has 356 valence electrons. The normalized spacial score (nSPS) is 13.9. The fraction of sp³-hybridized carbons (Fsp3) is 0.304. The van der Waals surface area contributed by atoms with E-state index in [9.17, 15) is 60.2 Å². The van der Waals surface area contributed by atoms with Gasteiger partial charge in [0.1, 0.15) is 36.5 Å². The van der Waals surface area contributed by atoms with Gasteiger partial charge in [-0.3, -0.25) is 24.0 Å². The summed E-state index contributed by atoms with van der Waals surface area (Å²) < 4.78 is 86.4. The third kappa shape index (κ3) is 14.8. The van der Waals surface area contributed by atoms with Crippen LogP contribution in [0.5, 0.6) is 5.75 Å². The first-order valence-corrected chi connectivity index (χ1v) is 20.6. The summed E-state index contributed by atoms with van der Waals surface area (Å²) in [6.45, 7) is 0.966. The maximum absolute atomic E-state index is 13.7. The maximum Gasteiger partial charge on any atom is 0.416 e. The first-order valence-electron chi connectivity index (χ1n) is 20.6. The number of para-hydroxylation sites is 1. The number of halogens is 6. The van der Waals surface area contributed by atoms with E-state index in [1.54, 1.807) is 66.7 Å². The molecule has 0 saturated heterocycles. The summed E-state index contributed by atoms with van der Waals surface area (Å²) in [5.41, 5.74) is 4.52. The van der Waals surface area contributed by atoms with E-state index in [1.807, 2.05) is 0 Å². The number of rotatable bonds is 19. The first kappa shape index (κ1) is 50.6. The summed E-state index contributed by atoms with van der Waals surface area (Å²) >= 11 is 0. The summed E-state index contributed by atoms with van der Waals surface area (Å²) in [5.74, 6) is -5.24. The average Bonchev–Trinajstić information content (AvgIpc) is 3.69. The molecular formula is C46H47F6N7O8. The molecule has 15 nitrogen and oxygen atoms in total. The highest BCUT2D eigenvalue weighted by atomic mass is 19.4. The standard InChI is InChI=1S/C46H47F6N7O8/c1-25(56-42(64)35(53)18-28-12-14-33(60)15-13-28)40(62)55-23-39(61)58-37(19-27-8-4-3-5-9-27)43(65)57-26(2)41(63)59-38(20-30-22-54-36-11-7-6-10-34(30)36)44(66)67-24-29-16-31(45(47,48)49)21-32(17-29)46(50,51)52/h3-17,21-22,25-26,35,37-38,54,60H,18-20,23-24,53H2,1-2H3,(H,55,62)(H,56,64)(H,57,65)(H,58,61)(H,59,63)/t25-,26-,35+,37+,38+/m1/s1. The van der Waals surface area contributed by atoms with Crippen LogP contribution >= 0.6 is 0 Å². The molecule has 0 unspecified atom stereocenters. The first-order chi connectivity index (χ1) is 31.6. The Morgan fingerprint density at radius 3 is 1.87 bits per heavy atom. The Kier molecular flexibility index (Phi) is 16.7. The number of carbonyl (C=O) groups is 6. The molecule has 1 aromatic heterocycles. The quantitative estimate of drug-likeness (QED) is 0.0439. The molecule has 0 aliphatic rings. The van der Waals surface area contributed by atoms with Crippen LogP contribution in [0.25, 0.3) is 10.9 Å². The van der Waals surface area contributed by atoms with Crippen LogP contribution in [-0.2, 0) is 71.7 Å². The van der Waals surface area contributed by atoms with Gasteiger partial charge in [-0.15, -0.1) is 0 Å². The van der Waals surface area contributed by atoms with Gasteiger partial charge in [-0.05, 0) is 78.9 Å². The molecule has 1 heterocycles. The van der Waals surface area contributed by atoms with Crippen LogP contribution < -0.4 is 32.3 Å². The minimum atomic E-state index is -5.16. The van der Waals surface area contributed by atoms with Gasteiger partial charge < -0.3 is 47.1 Å². The zero-order valence-corrected chi connectivity index (χ0v) is 35.9. The van der Waals surface area contributed by atoms with Crippen LogP contribution in [0.1, 0.15) is 47.2 Å². The highest BCUT2D eigenvalue weighted by molar-refractivity contribution is 5.95. The molecule has 0 aliphatic carbocycles. The number of esters is 1. The van der Waals surface area contributed by atoms with Crippen LogP contribution in [0.15, 0.2) is 103 Å². The number of carbonyl (C=O) groups excluding carboxylic acids is 6. The highest BCUT2D eigenvalue weighted by Crippen LogP contribution is 2.36. The van der Waals surface area contributed by atoms with Crippen LogP contribution in [0.2, 0.25) is 0 Å². The molecule has 5 aromatic rings. The number of benzene rings is 4. The fourth-order valence-electron chi connectivity index (χ4n) is 6.74. The minimum absolute atomic E-state index is 0.0332. The molecule has 5 amide bonds. The molecule has 4 aromatic carbocycles. The second-order valence-electron chi connectivity index (χ2n) is 15.6. The summed E-state index contributed by atoms with van der Waals surface area (Å²) in [6, 6.07) is 15.6. The van der Waals surface area contributed by atoms with Crippen molar-refractivity contribution in [2.75, 3.05) is 6.54 Å². The average molecular weight is 940 g/mol. The predicted molar refractivity (Wildman–Crippen MR) is 230 cm³/mol. The van der Waals surface area contributed by atoms with Crippen molar-refractivity contribution in [3.8, 4) is 5.75 Å². The molecule has 0 spiro atoms. The third-order valence-electron chi connectivity index (χ3n) is 10.3. The lowest BCUT2D eigenvalue weighted by Crippen LogP contribution is -2.56. The number of alkyl halides is 6. The number of H-pyrrole nitrogens is 1. The SMILES string of the molecule is C[C@@H](NC(=O)[C@H](Cc1ccccc1)NC(=O)CNC(=O)[C@@H](C)NC(=O)[C@@H](N)Cc1ccc(O)cc1)C(=O)N[C@@H](Cc1c[nH]c2ccccc12)C(=O)OCc1cc(C(F)(F)F)cc(C(F)(F)F)c1. The van der Waals surface area contributed by atoms with Crippen molar-refractivity contribution in [3.63, 3.8) is 0 Å². The van der Waals surface area contributed by atoms with Gasteiger partial charge in [0.15, 0.2) is 0 Å². The van der Waals surface area contributed by atoms with Crippen LogP contribution in [0.4, 0.5) is 26.3 Å². The molecular weight excluding hydrogens is 893 g/mol. The van der Waals surface area contributed by atoms with Gasteiger partial charge in [-0.1, -0.05) is 60.7 Å². The van der Waals surface area contributed by atoms with Gasteiger partial charge in [-0.2, -0.15) is 26.3 Å². The smallest absolute Gasteiger partial charge is 0.416 e. The summed E-state index contributed by atoms with van der Waals surface area (Å²) in [5, 5.41) is 22.4. The van der Waals surface area contributed by atoms with E-state index in [1.165, 1.54) is 32.2 Å². The number of phenols is 1. The zero-order valence-electron chi connectivity index (χ0n) is 35.9. The van der Waals surface area contributed by atoms with Crippen molar-refractivity contribution in [2.24, 2.45) is 5.73 Å². The van der Waals surface area contributed by atoms with E-state index >= 15 is 0 Å². The predicted octanol–water partition coefficient (Wildman–Crippen LogP) is 4.10. The Balaban J connectivity index is 1.24. The van der Waals surface area contributed by atoms with Gasteiger partial charge in [0.05, 0.1) is 23.7 Å². The van der Waals surface area contributed by atoms with Crippen molar-refractivity contribution < 1.29 is 65.0 Å². The zero-order chi connectivity index (χ0) is 49.1. The Labute approximate surface area is 379 Å². The molecule has 0 fully saturated rings. The van der Waals surface area contributed by atoms with Crippen LogP contribution in [0, 0.1) is 0 Å². The number of hydrogen-bond acceptors (Lipinski definition) is 9. The molecule has 0 bridgehead atoms. The minimum Gasteiger partial charge on any atom is -0.508 e. The second-order valence-corrected chi connectivity index (χ2v) is 15.6. The van der Waals surface area contributed by atoms with Gasteiger partial charge >= 0.3 is 18.3 Å². The van der Waals surface area contributed by atoms with Crippen molar-refractivity contribution >= 4 is 46.4 Å². The van der Waals surface area contributed by atoms with Gasteiger partial charge in [-0.25, -0.2) is 4.79 Å². The van der Waals surface area contributed by atoms with E-state index in [0.29, 0.717) is 39.7 Å². The van der Waals surface area contributed by atoms with E-state index in [4.69, 9.17) is 10.5 Å². The Morgan fingerprint density at radius 2 is 1.22 bits per heavy atom. The summed E-state index contributed by atoms with van der Waals surface area (Å²) in [7, 11) is 0. The molecule has 5 rings (SSSR count). The molecule has 0 aliphatic heterocycles. The maximum atomic E-state index is 13.7. The largest absolute Gasteiger partial charge is 0.508 e. The van der Waals surface area contributed by atoms with E-state index in [0.717, 1.165) is 0 Å². The topological polar surface area (TPSA) is 234 Å². The Hall–Kier alpha value is -7.42. The van der Waals surface area contributed by atoms with Crippen LogP contribution in [-0.4, -0.2) is 82.3 Å². The highest BCUT2D eigenvalue weighted by Gasteiger charge is 2.37. The second kappa shape index (κ2) is 22.2. The summed E-state index contributed by atoms with van der Waals surface area (Å²) in [6.07, 6.45) is -9.02. The molecule has 0 saturated carbocycles. The number of aromatic hydroxyl groups is 1. The van der Waals surface area contributed by atoms with Gasteiger partial charge in [0.25, 0.3) is 0 Å². The lowest BCUT2D eigenvalue weighted by Gasteiger charge is -2.24. The molecule has 0 radical (unpaired) electrons. The number of aromatic nitrogens is 1. The number of aromatic amines is 1. The van der Waals surface area contributed by atoms with Crippen molar-refractivity contribution in [2.45, 2.75) is 82.3 Å². The van der Waals surface area contributed by atoms with Crippen LogP contribution in [0.3, 0.4) is 0 Å². The Morgan fingerprint density at radius 1 is 0.642 bits per heavy atom. The molecule has 67 heavy (non-hydrogen) atoms.